The summed E-state index contributed by atoms with van der Waals surface area (Å²) in [6.45, 7) is 12.1. The lowest BCUT2D eigenvalue weighted by molar-refractivity contribution is -0.0348. The Kier molecular flexibility index (Phi) is 5.98. The molecule has 2 atom stereocenters. The number of ether oxygens (including phenoxy) is 1. The number of carbonyl (C=O) groups is 1. The summed E-state index contributed by atoms with van der Waals surface area (Å²) in [5.41, 5.74) is 7.75. The molecular weight excluding hydrogens is 408 g/mol. The topological polar surface area (TPSA) is 41.6 Å². The zero-order valence-electron chi connectivity index (χ0n) is 20.6. The van der Waals surface area contributed by atoms with Gasteiger partial charge in [-0.2, -0.15) is 0 Å². The predicted octanol–water partition coefficient (Wildman–Crippen LogP) is 6.06. The fraction of sp³-hybridized carbons (Fsp3) is 0.552. The van der Waals surface area contributed by atoms with Crippen molar-refractivity contribution in [1.82, 2.24) is 10.2 Å². The Morgan fingerprint density at radius 3 is 2.52 bits per heavy atom. The second kappa shape index (κ2) is 8.79. The van der Waals surface area contributed by atoms with Gasteiger partial charge in [0, 0.05) is 6.54 Å². The molecule has 3 saturated heterocycles. The Balaban J connectivity index is 1.34. The molecule has 3 aliphatic heterocycles. The third-order valence-corrected chi connectivity index (χ3v) is 8.15. The second-order valence-electron chi connectivity index (χ2n) is 11.1. The van der Waals surface area contributed by atoms with Gasteiger partial charge in [0.2, 0.25) is 0 Å². The Morgan fingerprint density at radius 1 is 1.15 bits per heavy atom. The van der Waals surface area contributed by atoms with E-state index in [4.69, 9.17) is 4.74 Å². The molecule has 1 amide bonds. The average molecular weight is 447 g/mol. The highest BCUT2D eigenvalue weighted by atomic mass is 16.6. The van der Waals surface area contributed by atoms with Gasteiger partial charge >= 0.3 is 6.09 Å². The first-order chi connectivity index (χ1) is 15.8. The monoisotopic (exact) mass is 446 g/mol. The highest BCUT2D eigenvalue weighted by molar-refractivity contribution is 5.72. The lowest BCUT2D eigenvalue weighted by atomic mass is 9.85. The van der Waals surface area contributed by atoms with E-state index in [9.17, 15) is 4.79 Å². The molecule has 6 rings (SSSR count). The number of piperidine rings is 3. The molecule has 0 saturated carbocycles. The first kappa shape index (κ1) is 22.5. The molecule has 3 heterocycles. The Morgan fingerprint density at radius 2 is 1.88 bits per heavy atom. The summed E-state index contributed by atoms with van der Waals surface area (Å²) in [6, 6.07) is 13.6. The van der Waals surface area contributed by atoms with E-state index in [2.05, 4.69) is 74.3 Å². The van der Waals surface area contributed by atoms with Crippen LogP contribution in [0.3, 0.4) is 0 Å². The molecule has 0 radical (unpaired) electrons. The Bertz CT molecular complexity index is 1020. The van der Waals surface area contributed by atoms with Gasteiger partial charge in [-0.05, 0) is 90.4 Å². The average Bonchev–Trinajstić information content (AvgIpc) is 3.03. The van der Waals surface area contributed by atoms with Crippen LogP contribution in [-0.4, -0.2) is 36.7 Å². The van der Waals surface area contributed by atoms with Gasteiger partial charge in [0.15, 0.2) is 0 Å². The van der Waals surface area contributed by atoms with Crippen LogP contribution in [0.4, 0.5) is 4.79 Å². The van der Waals surface area contributed by atoms with Crippen LogP contribution in [0.25, 0.3) is 11.1 Å². The van der Waals surface area contributed by atoms with Gasteiger partial charge in [-0.3, -0.25) is 4.90 Å². The highest BCUT2D eigenvalue weighted by Gasteiger charge is 2.42. The summed E-state index contributed by atoms with van der Waals surface area (Å²) >= 11 is 0. The minimum Gasteiger partial charge on any atom is -0.445 e. The van der Waals surface area contributed by atoms with Gasteiger partial charge in [0.25, 0.3) is 0 Å². The standard InChI is InChI=1S/C29H38N2O2/c1-5-6-20-7-9-21(10-8-20)24-16-23-17-29(3,4)27(25(23)15-19(24)2)30-28(32)33-26-18-31-13-11-22(26)12-14-31/h7-10,15-16,22,26-27H,5-6,11-14,17-18H2,1-4H3,(H,30,32)/t26-,27-/m0/s1. The van der Waals surface area contributed by atoms with Gasteiger partial charge < -0.3 is 10.1 Å². The van der Waals surface area contributed by atoms with Gasteiger partial charge in [0.1, 0.15) is 6.10 Å². The maximum atomic E-state index is 12.9. The molecule has 2 aromatic rings. The lowest BCUT2D eigenvalue weighted by Crippen LogP contribution is -2.53. The van der Waals surface area contributed by atoms with E-state index in [1.165, 1.54) is 39.8 Å². The van der Waals surface area contributed by atoms with Gasteiger partial charge in [-0.1, -0.05) is 63.6 Å². The van der Waals surface area contributed by atoms with Crippen LogP contribution in [0.1, 0.15) is 68.3 Å². The number of rotatable bonds is 5. The van der Waals surface area contributed by atoms with Crippen LogP contribution in [0, 0.1) is 18.3 Å². The largest absolute Gasteiger partial charge is 0.445 e. The van der Waals surface area contributed by atoms with E-state index in [0.717, 1.165) is 45.3 Å². The Labute approximate surface area is 198 Å². The summed E-state index contributed by atoms with van der Waals surface area (Å²) in [5.74, 6) is 0.526. The number of carbonyl (C=O) groups excluding carboxylic acids is 1. The summed E-state index contributed by atoms with van der Waals surface area (Å²) in [4.78, 5) is 15.4. The molecular formula is C29H38N2O2. The molecule has 1 N–H and O–H groups in total. The third-order valence-electron chi connectivity index (χ3n) is 8.15. The van der Waals surface area contributed by atoms with Gasteiger partial charge in [0.05, 0.1) is 6.04 Å². The van der Waals surface area contributed by atoms with Crippen LogP contribution in [0.5, 0.6) is 0 Å². The molecule has 0 spiro atoms. The number of hydrogen-bond donors (Lipinski definition) is 1. The molecule has 1 aliphatic carbocycles. The van der Waals surface area contributed by atoms with Gasteiger partial charge in [-0.15, -0.1) is 0 Å². The maximum absolute atomic E-state index is 12.9. The van der Waals surface area contributed by atoms with Crippen molar-refractivity contribution in [3.63, 3.8) is 0 Å². The SMILES string of the molecule is CCCc1ccc(-c2cc3c(cc2C)[C@H](NC(=O)O[C@H]2CN4CCC2CC4)C(C)(C)C3)cc1. The minimum absolute atomic E-state index is 0.0271. The fourth-order valence-electron chi connectivity index (χ4n) is 6.27. The molecule has 0 aromatic heterocycles. The molecule has 3 fully saturated rings. The summed E-state index contributed by atoms with van der Waals surface area (Å²) in [5, 5.41) is 3.26. The zero-order chi connectivity index (χ0) is 23.2. The molecule has 4 nitrogen and oxygen atoms in total. The number of hydrogen-bond acceptors (Lipinski definition) is 3. The van der Waals surface area contributed by atoms with Crippen LogP contribution in [0.15, 0.2) is 36.4 Å². The first-order valence-electron chi connectivity index (χ1n) is 12.8. The summed E-state index contributed by atoms with van der Waals surface area (Å²) < 4.78 is 5.96. The number of fused-ring (bicyclic) bond motifs is 4. The molecule has 176 valence electrons. The number of nitrogens with zero attached hydrogens (tertiary/aromatic N) is 1. The predicted molar refractivity (Wildman–Crippen MR) is 133 cm³/mol. The van der Waals surface area contributed by atoms with E-state index in [1.807, 2.05) is 0 Å². The van der Waals surface area contributed by atoms with Crippen LogP contribution >= 0.6 is 0 Å². The quantitative estimate of drug-likeness (QED) is 0.607. The number of benzene rings is 2. The number of aryl methyl sites for hydroxylation is 2. The number of alkyl carbamates (subject to hydrolysis) is 1. The molecule has 4 heteroatoms. The highest BCUT2D eigenvalue weighted by Crippen LogP contribution is 2.47. The molecule has 33 heavy (non-hydrogen) atoms. The molecule has 0 unspecified atom stereocenters. The van der Waals surface area contributed by atoms with Crippen LogP contribution < -0.4 is 5.32 Å². The van der Waals surface area contributed by atoms with E-state index in [1.54, 1.807) is 0 Å². The van der Waals surface area contributed by atoms with E-state index in [-0.39, 0.29) is 23.7 Å². The Hall–Kier alpha value is -2.33. The fourth-order valence-corrected chi connectivity index (χ4v) is 6.27. The summed E-state index contributed by atoms with van der Waals surface area (Å²) in [6.07, 6.45) is 5.33. The van der Waals surface area contributed by atoms with Crippen molar-refractivity contribution in [2.24, 2.45) is 11.3 Å². The second-order valence-corrected chi connectivity index (χ2v) is 11.1. The minimum atomic E-state index is -0.257. The van der Waals surface area contributed by atoms with Crippen molar-refractivity contribution in [2.45, 2.75) is 71.9 Å². The van der Waals surface area contributed by atoms with Crippen molar-refractivity contribution in [1.29, 1.82) is 0 Å². The zero-order valence-corrected chi connectivity index (χ0v) is 20.6. The normalized spacial score (nSPS) is 27.3. The van der Waals surface area contributed by atoms with Crippen LogP contribution in [0.2, 0.25) is 0 Å². The number of nitrogens with one attached hydrogen (secondary N) is 1. The third kappa shape index (κ3) is 4.42. The molecule has 2 aromatic carbocycles. The van der Waals surface area contributed by atoms with Crippen molar-refractivity contribution in [3.8, 4) is 11.1 Å². The molecule has 2 bridgehead atoms. The van der Waals surface area contributed by atoms with Crippen molar-refractivity contribution < 1.29 is 9.53 Å². The van der Waals surface area contributed by atoms with Crippen molar-refractivity contribution >= 4 is 6.09 Å². The van der Waals surface area contributed by atoms with Gasteiger partial charge in [-0.25, -0.2) is 4.79 Å². The first-order valence-corrected chi connectivity index (χ1v) is 12.8. The molecule has 4 aliphatic rings. The maximum Gasteiger partial charge on any atom is 0.407 e. The number of amides is 1. The summed E-state index contributed by atoms with van der Waals surface area (Å²) in [7, 11) is 0. The van der Waals surface area contributed by atoms with E-state index < -0.39 is 0 Å². The van der Waals surface area contributed by atoms with Crippen molar-refractivity contribution in [3.05, 3.63) is 58.7 Å². The van der Waals surface area contributed by atoms with Crippen LogP contribution in [-0.2, 0) is 17.6 Å². The van der Waals surface area contributed by atoms with E-state index >= 15 is 0 Å². The lowest BCUT2D eigenvalue weighted by Gasteiger charge is -2.44. The van der Waals surface area contributed by atoms with Crippen molar-refractivity contribution in [2.75, 3.05) is 19.6 Å². The van der Waals surface area contributed by atoms with E-state index in [0.29, 0.717) is 5.92 Å². The smallest absolute Gasteiger partial charge is 0.407 e.